The number of benzene rings is 1. The molecule has 0 saturated carbocycles. The number of hydrogen-bond donors (Lipinski definition) is 1. The van der Waals surface area contributed by atoms with E-state index >= 15 is 0 Å². The number of thiazole rings is 1. The van der Waals surface area contributed by atoms with E-state index in [2.05, 4.69) is 10.3 Å². The smallest absolute Gasteiger partial charge is 0.272 e. The van der Waals surface area contributed by atoms with Crippen LogP contribution in [0.4, 0.5) is 10.1 Å². The second-order valence-electron chi connectivity index (χ2n) is 5.41. The predicted octanol–water partition coefficient (Wildman–Crippen LogP) is 4.16. The predicted molar refractivity (Wildman–Crippen MR) is 90.3 cm³/mol. The van der Waals surface area contributed by atoms with Crippen LogP contribution in [0.25, 0.3) is 11.3 Å². The molecule has 0 spiro atoms. The van der Waals surface area contributed by atoms with Gasteiger partial charge in [0.25, 0.3) is 5.91 Å². The fraction of sp³-hybridized carbons (Fsp3) is 0.176. The van der Waals surface area contributed by atoms with Crippen molar-refractivity contribution in [3.05, 3.63) is 57.9 Å². The van der Waals surface area contributed by atoms with E-state index in [-0.39, 0.29) is 11.6 Å². The van der Waals surface area contributed by atoms with Gasteiger partial charge < -0.3 is 9.88 Å². The molecule has 2 aromatic heterocycles. The molecule has 118 valence electrons. The average molecular weight is 329 g/mol. The van der Waals surface area contributed by atoms with E-state index in [0.29, 0.717) is 5.69 Å². The average Bonchev–Trinajstić information content (AvgIpc) is 3.08. The van der Waals surface area contributed by atoms with Crippen LogP contribution in [0.1, 0.15) is 21.1 Å². The number of halogens is 1. The molecule has 0 unspecified atom stereocenters. The van der Waals surface area contributed by atoms with Gasteiger partial charge in [0.2, 0.25) is 0 Å². The van der Waals surface area contributed by atoms with Gasteiger partial charge in [0.15, 0.2) is 0 Å². The largest absolute Gasteiger partial charge is 0.346 e. The van der Waals surface area contributed by atoms with E-state index in [1.54, 1.807) is 48.1 Å². The van der Waals surface area contributed by atoms with Gasteiger partial charge in [-0.3, -0.25) is 4.79 Å². The normalized spacial score (nSPS) is 10.8. The van der Waals surface area contributed by atoms with Gasteiger partial charge in [0.1, 0.15) is 11.5 Å². The number of anilines is 1. The second kappa shape index (κ2) is 5.96. The van der Waals surface area contributed by atoms with E-state index in [9.17, 15) is 9.18 Å². The fourth-order valence-corrected chi connectivity index (χ4v) is 2.96. The molecule has 0 saturated heterocycles. The first kappa shape index (κ1) is 15.4. The third kappa shape index (κ3) is 3.17. The standard InChI is InChI=1S/C17H16FN3OS/c1-10-4-5-14(13(18)6-10)20-17(22)16-7-12(8-21(16)3)15-9-23-11(2)19-15/h4-9H,1-3H3,(H,20,22). The summed E-state index contributed by atoms with van der Waals surface area (Å²) in [5.74, 6) is -0.795. The summed E-state index contributed by atoms with van der Waals surface area (Å²) >= 11 is 1.56. The van der Waals surface area contributed by atoms with Crippen LogP contribution in [-0.2, 0) is 7.05 Å². The number of nitrogens with one attached hydrogen (secondary N) is 1. The molecule has 0 radical (unpaired) electrons. The summed E-state index contributed by atoms with van der Waals surface area (Å²) in [6, 6.07) is 6.48. The van der Waals surface area contributed by atoms with Crippen molar-refractivity contribution in [2.24, 2.45) is 7.05 Å². The third-order valence-electron chi connectivity index (χ3n) is 3.53. The van der Waals surface area contributed by atoms with Crippen molar-refractivity contribution in [2.45, 2.75) is 13.8 Å². The van der Waals surface area contributed by atoms with Crippen molar-refractivity contribution < 1.29 is 9.18 Å². The van der Waals surface area contributed by atoms with Gasteiger partial charge in [-0.1, -0.05) is 6.07 Å². The Morgan fingerprint density at radius 2 is 2.09 bits per heavy atom. The lowest BCUT2D eigenvalue weighted by Gasteiger charge is -2.07. The number of aryl methyl sites for hydroxylation is 3. The first-order valence-electron chi connectivity index (χ1n) is 7.10. The van der Waals surface area contributed by atoms with Crippen LogP contribution >= 0.6 is 11.3 Å². The molecule has 4 nitrogen and oxygen atoms in total. The third-order valence-corrected chi connectivity index (χ3v) is 4.30. The summed E-state index contributed by atoms with van der Waals surface area (Å²) in [6.45, 7) is 3.74. The van der Waals surface area contributed by atoms with E-state index in [0.717, 1.165) is 21.8 Å². The molecule has 0 fully saturated rings. The molecular formula is C17H16FN3OS. The maximum absolute atomic E-state index is 13.9. The molecule has 0 aliphatic rings. The van der Waals surface area contributed by atoms with Crippen molar-refractivity contribution >= 4 is 22.9 Å². The van der Waals surface area contributed by atoms with E-state index in [4.69, 9.17) is 0 Å². The molecule has 0 atom stereocenters. The lowest BCUT2D eigenvalue weighted by molar-refractivity contribution is 0.101. The van der Waals surface area contributed by atoms with Gasteiger partial charge in [-0.25, -0.2) is 9.37 Å². The van der Waals surface area contributed by atoms with Crippen molar-refractivity contribution in [3.8, 4) is 11.3 Å². The molecule has 1 amide bonds. The minimum absolute atomic E-state index is 0.174. The van der Waals surface area contributed by atoms with E-state index < -0.39 is 5.82 Å². The topological polar surface area (TPSA) is 46.9 Å². The van der Waals surface area contributed by atoms with Gasteiger partial charge in [-0.2, -0.15) is 0 Å². The van der Waals surface area contributed by atoms with Gasteiger partial charge in [-0.05, 0) is 37.6 Å². The Bertz CT molecular complexity index is 882. The van der Waals surface area contributed by atoms with Crippen LogP contribution in [0.5, 0.6) is 0 Å². The molecule has 3 aromatic rings. The highest BCUT2D eigenvalue weighted by Gasteiger charge is 2.15. The number of nitrogens with zero attached hydrogens (tertiary/aromatic N) is 2. The van der Waals surface area contributed by atoms with Crippen LogP contribution in [-0.4, -0.2) is 15.5 Å². The Kier molecular flexibility index (Phi) is 4.00. The summed E-state index contributed by atoms with van der Waals surface area (Å²) in [4.78, 5) is 16.8. The summed E-state index contributed by atoms with van der Waals surface area (Å²) in [6.07, 6.45) is 1.84. The van der Waals surface area contributed by atoms with Crippen molar-refractivity contribution in [3.63, 3.8) is 0 Å². The Balaban J connectivity index is 1.86. The van der Waals surface area contributed by atoms with Crippen LogP contribution in [0.2, 0.25) is 0 Å². The minimum atomic E-state index is -0.442. The molecule has 2 heterocycles. The summed E-state index contributed by atoms with van der Waals surface area (Å²) in [5, 5.41) is 5.53. The quantitative estimate of drug-likeness (QED) is 0.784. The van der Waals surface area contributed by atoms with Gasteiger partial charge in [-0.15, -0.1) is 11.3 Å². The van der Waals surface area contributed by atoms with Crippen LogP contribution in [0.15, 0.2) is 35.8 Å². The van der Waals surface area contributed by atoms with Crippen molar-refractivity contribution in [1.29, 1.82) is 0 Å². The molecule has 0 aliphatic carbocycles. The van der Waals surface area contributed by atoms with Crippen molar-refractivity contribution in [2.75, 3.05) is 5.32 Å². The maximum atomic E-state index is 13.9. The summed E-state index contributed by atoms with van der Waals surface area (Å²) < 4.78 is 15.6. The zero-order chi connectivity index (χ0) is 16.6. The first-order valence-corrected chi connectivity index (χ1v) is 7.98. The number of amides is 1. The lowest BCUT2D eigenvalue weighted by atomic mass is 10.2. The van der Waals surface area contributed by atoms with E-state index in [1.165, 1.54) is 6.07 Å². The molecular weight excluding hydrogens is 313 g/mol. The Morgan fingerprint density at radius 1 is 1.30 bits per heavy atom. The number of aromatic nitrogens is 2. The highest BCUT2D eigenvalue weighted by Crippen LogP contribution is 2.24. The van der Waals surface area contributed by atoms with Gasteiger partial charge >= 0.3 is 0 Å². The molecule has 1 aromatic carbocycles. The molecule has 0 aliphatic heterocycles. The van der Waals surface area contributed by atoms with Gasteiger partial charge in [0.05, 0.1) is 16.4 Å². The highest BCUT2D eigenvalue weighted by atomic mass is 32.1. The second-order valence-corrected chi connectivity index (χ2v) is 6.48. The monoisotopic (exact) mass is 329 g/mol. The van der Waals surface area contributed by atoms with Crippen LogP contribution in [0, 0.1) is 19.7 Å². The summed E-state index contributed by atoms with van der Waals surface area (Å²) in [7, 11) is 1.78. The van der Waals surface area contributed by atoms with Gasteiger partial charge in [0, 0.05) is 24.2 Å². The Hall–Kier alpha value is -2.47. The summed E-state index contributed by atoms with van der Waals surface area (Å²) in [5.41, 5.74) is 3.13. The van der Waals surface area contributed by atoms with E-state index in [1.807, 2.05) is 18.5 Å². The maximum Gasteiger partial charge on any atom is 0.272 e. The molecule has 3 rings (SSSR count). The zero-order valence-electron chi connectivity index (χ0n) is 13.1. The van der Waals surface area contributed by atoms with Crippen LogP contribution in [0.3, 0.4) is 0 Å². The molecule has 6 heteroatoms. The Labute approximate surface area is 137 Å². The highest BCUT2D eigenvalue weighted by molar-refractivity contribution is 7.09. The number of carbonyl (C=O) groups is 1. The fourth-order valence-electron chi connectivity index (χ4n) is 2.33. The number of hydrogen-bond acceptors (Lipinski definition) is 3. The van der Waals surface area contributed by atoms with Crippen molar-refractivity contribution in [1.82, 2.24) is 9.55 Å². The molecule has 1 N–H and O–H groups in total. The number of carbonyl (C=O) groups excluding carboxylic acids is 1. The SMILES string of the molecule is Cc1ccc(NC(=O)c2cc(-c3csc(C)n3)cn2C)c(F)c1. The zero-order valence-corrected chi connectivity index (χ0v) is 13.9. The first-order chi connectivity index (χ1) is 10.9. The lowest BCUT2D eigenvalue weighted by Crippen LogP contribution is -2.16. The molecule has 23 heavy (non-hydrogen) atoms. The van der Waals surface area contributed by atoms with Crippen LogP contribution < -0.4 is 5.32 Å². The Morgan fingerprint density at radius 3 is 2.74 bits per heavy atom. The number of rotatable bonds is 3. The minimum Gasteiger partial charge on any atom is -0.346 e. The molecule has 0 bridgehead atoms.